The number of hydrogen-bond acceptors (Lipinski definition) is 5. The van der Waals surface area contributed by atoms with Crippen LogP contribution in [-0.2, 0) is 30.7 Å². The number of aryl methyl sites for hydroxylation is 2. The number of aromatic nitrogens is 2. The van der Waals surface area contributed by atoms with Gasteiger partial charge in [0.05, 0.1) is 22.0 Å². The highest BCUT2D eigenvalue weighted by molar-refractivity contribution is 9.11. The Morgan fingerprint density at radius 2 is 2.19 bits per heavy atom. The molecule has 0 atom stereocenters. The van der Waals surface area contributed by atoms with Gasteiger partial charge >= 0.3 is 0 Å². The van der Waals surface area contributed by atoms with Crippen LogP contribution < -0.4 is 5.56 Å². The molecule has 0 bridgehead atoms. The predicted octanol–water partition coefficient (Wildman–Crippen LogP) is 3.82. The molecular weight excluding hydrogens is 434 g/mol. The number of thiophene rings is 2. The molecule has 3 aromatic heterocycles. The van der Waals surface area contributed by atoms with Crippen LogP contribution >= 0.6 is 38.6 Å². The summed E-state index contributed by atoms with van der Waals surface area (Å²) in [5.74, 6) is -0.0628. The number of likely N-dealkylation sites (N-methyl/N-ethyl adjacent to an activating group) is 1. The fourth-order valence-corrected chi connectivity index (χ4v) is 6.10. The highest BCUT2D eigenvalue weighted by atomic mass is 79.9. The first kappa shape index (κ1) is 17.9. The van der Waals surface area contributed by atoms with E-state index in [2.05, 4.69) is 20.9 Å². The van der Waals surface area contributed by atoms with Gasteiger partial charge in [0.1, 0.15) is 11.4 Å². The average Bonchev–Trinajstić information content (AvgIpc) is 3.30. The van der Waals surface area contributed by atoms with Gasteiger partial charge in [0, 0.05) is 16.3 Å². The second-order valence-corrected chi connectivity index (χ2v) is 9.96. The van der Waals surface area contributed by atoms with E-state index in [4.69, 9.17) is 0 Å². The zero-order chi connectivity index (χ0) is 18.3. The molecular formula is C18H18BrN3O2S2. The predicted molar refractivity (Wildman–Crippen MR) is 109 cm³/mol. The third kappa shape index (κ3) is 3.25. The van der Waals surface area contributed by atoms with E-state index in [9.17, 15) is 9.59 Å². The number of rotatable bonds is 5. The summed E-state index contributed by atoms with van der Waals surface area (Å²) in [5.41, 5.74) is 1.07. The maximum absolute atomic E-state index is 12.9. The Bertz CT molecular complexity index is 1040. The van der Waals surface area contributed by atoms with E-state index < -0.39 is 0 Å². The molecule has 0 unspecified atom stereocenters. The minimum atomic E-state index is -0.0855. The van der Waals surface area contributed by atoms with E-state index in [1.807, 2.05) is 19.1 Å². The van der Waals surface area contributed by atoms with Crippen molar-refractivity contribution in [1.29, 1.82) is 0 Å². The van der Waals surface area contributed by atoms with Crippen molar-refractivity contribution in [3.8, 4) is 0 Å². The Balaban J connectivity index is 1.58. The molecule has 0 N–H and O–H groups in total. The molecule has 8 heteroatoms. The van der Waals surface area contributed by atoms with Crippen molar-refractivity contribution in [3.63, 3.8) is 0 Å². The third-order valence-corrected chi connectivity index (χ3v) is 7.52. The van der Waals surface area contributed by atoms with E-state index in [0.717, 1.165) is 43.7 Å². The van der Waals surface area contributed by atoms with Gasteiger partial charge < -0.3 is 4.90 Å². The summed E-state index contributed by atoms with van der Waals surface area (Å²) < 4.78 is 2.51. The molecule has 136 valence electrons. The molecule has 3 aromatic rings. The fourth-order valence-electron chi connectivity index (χ4n) is 3.38. The lowest BCUT2D eigenvalue weighted by molar-refractivity contribution is -0.132. The molecule has 1 aliphatic rings. The summed E-state index contributed by atoms with van der Waals surface area (Å²) in [6.07, 6.45) is 4.60. The van der Waals surface area contributed by atoms with Gasteiger partial charge in [-0.1, -0.05) is 0 Å². The Labute approximate surface area is 167 Å². The van der Waals surface area contributed by atoms with E-state index in [1.165, 1.54) is 15.8 Å². The first-order valence-electron chi connectivity index (χ1n) is 8.58. The van der Waals surface area contributed by atoms with Crippen molar-refractivity contribution < 1.29 is 4.79 Å². The van der Waals surface area contributed by atoms with E-state index in [-0.39, 0.29) is 18.0 Å². The number of carbonyl (C=O) groups excluding carboxylic acids is 1. The van der Waals surface area contributed by atoms with Crippen LogP contribution in [0, 0.1) is 0 Å². The summed E-state index contributed by atoms with van der Waals surface area (Å²) >= 11 is 6.69. The topological polar surface area (TPSA) is 55.2 Å². The molecule has 1 aliphatic carbocycles. The normalized spacial score (nSPS) is 13.3. The fraction of sp³-hybridized carbons (Fsp3) is 0.389. The molecule has 0 spiro atoms. The number of carbonyl (C=O) groups is 1. The second kappa shape index (κ2) is 7.25. The first-order chi connectivity index (χ1) is 12.6. The molecule has 0 aromatic carbocycles. The van der Waals surface area contributed by atoms with Crippen LogP contribution in [0.2, 0.25) is 0 Å². The van der Waals surface area contributed by atoms with Gasteiger partial charge in [-0.3, -0.25) is 14.2 Å². The van der Waals surface area contributed by atoms with Gasteiger partial charge in [0.2, 0.25) is 5.91 Å². The lowest BCUT2D eigenvalue weighted by Gasteiger charge is -2.20. The summed E-state index contributed by atoms with van der Waals surface area (Å²) in [5, 5.41) is 0.725. The van der Waals surface area contributed by atoms with Crippen LogP contribution in [0.5, 0.6) is 0 Å². The standard InChI is InChI=1S/C18H18BrN3O2S2/c1-2-21(8-11-6-7-14(19)25-11)15(23)9-22-10-20-17-16(18(22)24)12-4-3-5-13(12)26-17/h6-7,10H,2-5,8-9H2,1H3. The lowest BCUT2D eigenvalue weighted by Crippen LogP contribution is -2.36. The Morgan fingerprint density at radius 3 is 2.92 bits per heavy atom. The summed E-state index contributed by atoms with van der Waals surface area (Å²) in [7, 11) is 0. The number of fused-ring (bicyclic) bond motifs is 3. The third-order valence-electron chi connectivity index (χ3n) is 4.71. The molecule has 5 nitrogen and oxygen atoms in total. The molecule has 0 aliphatic heterocycles. The van der Waals surface area contributed by atoms with E-state index >= 15 is 0 Å². The van der Waals surface area contributed by atoms with Crippen LogP contribution in [-0.4, -0.2) is 26.9 Å². The average molecular weight is 452 g/mol. The minimum absolute atomic E-state index is 0.0345. The SMILES string of the molecule is CCN(Cc1ccc(Br)s1)C(=O)Cn1cnc2sc3c(c2c1=O)CCC3. The van der Waals surface area contributed by atoms with Gasteiger partial charge in [0.15, 0.2) is 0 Å². The Kier molecular flexibility index (Phi) is 4.98. The van der Waals surface area contributed by atoms with Gasteiger partial charge in [-0.2, -0.15) is 0 Å². The highest BCUT2D eigenvalue weighted by Gasteiger charge is 2.22. The summed E-state index contributed by atoms with van der Waals surface area (Å²) in [6.45, 7) is 3.15. The first-order valence-corrected chi connectivity index (χ1v) is 11.0. The zero-order valence-electron chi connectivity index (χ0n) is 14.3. The molecule has 0 radical (unpaired) electrons. The second-order valence-electron chi connectivity index (χ2n) is 6.33. The van der Waals surface area contributed by atoms with Crippen LogP contribution in [0.1, 0.15) is 28.7 Å². The Hall–Kier alpha value is -1.51. The van der Waals surface area contributed by atoms with Crippen LogP contribution in [0.4, 0.5) is 0 Å². The van der Waals surface area contributed by atoms with E-state index in [1.54, 1.807) is 27.6 Å². The largest absolute Gasteiger partial charge is 0.336 e. The van der Waals surface area contributed by atoms with Crippen LogP contribution in [0.25, 0.3) is 10.2 Å². The molecule has 4 rings (SSSR count). The van der Waals surface area contributed by atoms with Gasteiger partial charge in [0.25, 0.3) is 5.56 Å². The molecule has 0 saturated heterocycles. The van der Waals surface area contributed by atoms with Crippen molar-refractivity contribution in [2.75, 3.05) is 6.54 Å². The minimum Gasteiger partial charge on any atom is -0.336 e. The highest BCUT2D eigenvalue weighted by Crippen LogP contribution is 2.34. The lowest BCUT2D eigenvalue weighted by atomic mass is 10.2. The van der Waals surface area contributed by atoms with Gasteiger partial charge in [-0.25, -0.2) is 4.98 Å². The number of amides is 1. The molecule has 0 saturated carbocycles. The number of nitrogens with zero attached hydrogens (tertiary/aromatic N) is 3. The van der Waals surface area contributed by atoms with Crippen LogP contribution in [0.15, 0.2) is 27.0 Å². The summed E-state index contributed by atoms with van der Waals surface area (Å²) in [4.78, 5) is 35.1. The molecule has 26 heavy (non-hydrogen) atoms. The molecule has 1 amide bonds. The van der Waals surface area contributed by atoms with E-state index in [0.29, 0.717) is 13.1 Å². The smallest absolute Gasteiger partial charge is 0.262 e. The number of halogens is 1. The van der Waals surface area contributed by atoms with Gasteiger partial charge in [-0.05, 0) is 59.8 Å². The van der Waals surface area contributed by atoms with Crippen molar-refractivity contribution in [2.24, 2.45) is 0 Å². The Morgan fingerprint density at radius 1 is 1.35 bits per heavy atom. The quantitative estimate of drug-likeness (QED) is 0.592. The van der Waals surface area contributed by atoms with Crippen molar-refractivity contribution >= 4 is 54.7 Å². The maximum Gasteiger partial charge on any atom is 0.262 e. The van der Waals surface area contributed by atoms with Crippen molar-refractivity contribution in [1.82, 2.24) is 14.5 Å². The van der Waals surface area contributed by atoms with Crippen LogP contribution in [0.3, 0.4) is 0 Å². The zero-order valence-corrected chi connectivity index (χ0v) is 17.5. The monoisotopic (exact) mass is 451 g/mol. The maximum atomic E-state index is 12.9. The van der Waals surface area contributed by atoms with Crippen molar-refractivity contribution in [3.05, 3.63) is 47.9 Å². The molecule has 3 heterocycles. The molecule has 0 fully saturated rings. The number of hydrogen-bond donors (Lipinski definition) is 0. The summed E-state index contributed by atoms with van der Waals surface area (Å²) in [6, 6.07) is 4.00. The van der Waals surface area contributed by atoms with Crippen molar-refractivity contribution in [2.45, 2.75) is 39.3 Å². The van der Waals surface area contributed by atoms with Gasteiger partial charge in [-0.15, -0.1) is 22.7 Å².